The molecule has 6 heteroatoms. The Kier molecular flexibility index (Phi) is 2080. The van der Waals surface area contributed by atoms with Crippen LogP contribution in [0.25, 0.3) is 0 Å². The van der Waals surface area contributed by atoms with Crippen molar-refractivity contribution in [3.05, 3.63) is 0 Å². The van der Waals surface area contributed by atoms with E-state index in [1.807, 2.05) is 0 Å². The Labute approximate surface area is 108 Å². The molecule has 0 amide bonds. The molecule has 48 valence electrons. The second kappa shape index (κ2) is 110. The van der Waals surface area contributed by atoms with Gasteiger partial charge in [-0.3, -0.25) is 0 Å². The van der Waals surface area contributed by atoms with E-state index >= 15 is 0 Å². The van der Waals surface area contributed by atoms with Crippen molar-refractivity contribution in [3.63, 3.8) is 0 Å². The van der Waals surface area contributed by atoms with E-state index in [0.29, 0.717) is 0 Å². The van der Waals surface area contributed by atoms with Crippen LogP contribution in [0, 0.1) is 0 Å². The van der Waals surface area contributed by atoms with Gasteiger partial charge in [0.1, 0.15) is 0 Å². The summed E-state index contributed by atoms with van der Waals surface area (Å²) in [6, 6.07) is 0. The first-order valence-electron chi connectivity index (χ1n) is 0. The van der Waals surface area contributed by atoms with E-state index in [2.05, 4.69) is 0 Å². The van der Waals surface area contributed by atoms with Crippen LogP contribution in [0.3, 0.4) is 0 Å². The SMILES string of the molecule is C.C.O.O.[Cl-].[Cl-].[Na+].[Na+]. The summed E-state index contributed by atoms with van der Waals surface area (Å²) in [6.07, 6.45) is 0. The molecule has 4 N–H and O–H groups in total. The third-order valence-corrected chi connectivity index (χ3v) is 0. The normalized spacial score (nSPS) is 0. The minimum absolute atomic E-state index is 0. The number of hydrogen-bond donors (Lipinski definition) is 0. The fraction of sp³-hybridized carbons (Fsp3) is 1.00. The van der Waals surface area contributed by atoms with Gasteiger partial charge >= 0.3 is 59.1 Å². The second-order valence-electron chi connectivity index (χ2n) is 0. The molecule has 0 aliphatic heterocycles. The van der Waals surface area contributed by atoms with Crippen molar-refractivity contribution < 1.29 is 94.9 Å². The summed E-state index contributed by atoms with van der Waals surface area (Å²) in [7, 11) is 0. The molecule has 0 aromatic heterocycles. The summed E-state index contributed by atoms with van der Waals surface area (Å²) < 4.78 is 0. The Balaban J connectivity index is 0. The summed E-state index contributed by atoms with van der Waals surface area (Å²) in [4.78, 5) is 0. The largest absolute Gasteiger partial charge is 1.00 e. The van der Waals surface area contributed by atoms with Gasteiger partial charge in [0.05, 0.1) is 0 Å². The quantitative estimate of drug-likeness (QED) is 0.336. The first-order chi connectivity index (χ1) is 0. The van der Waals surface area contributed by atoms with Gasteiger partial charge in [-0.15, -0.1) is 0 Å². The van der Waals surface area contributed by atoms with Crippen molar-refractivity contribution >= 4 is 0 Å². The Morgan fingerprint density at radius 3 is 0.500 bits per heavy atom. The first-order valence-corrected chi connectivity index (χ1v) is 0. The molecule has 0 spiro atoms. The van der Waals surface area contributed by atoms with Gasteiger partial charge in [-0.05, 0) is 0 Å². The smallest absolute Gasteiger partial charge is 1.00 e. The second-order valence-corrected chi connectivity index (χ2v) is 0. The molecule has 0 saturated heterocycles. The molecule has 0 unspecified atom stereocenters. The van der Waals surface area contributed by atoms with Gasteiger partial charge in [0, 0.05) is 0 Å². The van der Waals surface area contributed by atoms with Crippen LogP contribution in [-0.4, -0.2) is 11.0 Å². The Hall–Kier alpha value is 2.50. The molecule has 0 aliphatic carbocycles. The van der Waals surface area contributed by atoms with Crippen LogP contribution in [-0.2, 0) is 0 Å². The van der Waals surface area contributed by atoms with Crippen LogP contribution in [0.5, 0.6) is 0 Å². The van der Waals surface area contributed by atoms with Crippen LogP contribution in [0.4, 0.5) is 0 Å². The van der Waals surface area contributed by atoms with Gasteiger partial charge in [-0.1, -0.05) is 14.9 Å². The Bertz CT molecular complexity index is 16.0. The Morgan fingerprint density at radius 1 is 0.500 bits per heavy atom. The molecule has 2 nitrogen and oxygen atoms in total. The van der Waals surface area contributed by atoms with Crippen LogP contribution < -0.4 is 83.9 Å². The number of hydrogen-bond acceptors (Lipinski definition) is 0. The fourth-order valence-corrected chi connectivity index (χ4v) is 0. The minimum Gasteiger partial charge on any atom is -1.00 e. The predicted octanol–water partition coefficient (Wildman–Crippen LogP) is -12.4. The predicted molar refractivity (Wildman–Crippen MR) is 20.7 cm³/mol. The van der Waals surface area contributed by atoms with E-state index in [9.17, 15) is 0 Å². The molecule has 0 atom stereocenters. The molecule has 0 radical (unpaired) electrons. The van der Waals surface area contributed by atoms with E-state index < -0.39 is 0 Å². The van der Waals surface area contributed by atoms with E-state index in [-0.39, 0.29) is 110 Å². The molecular weight excluding hydrogens is 173 g/mol. The topological polar surface area (TPSA) is 63.0 Å². The molecule has 0 aromatic rings. The molecule has 0 fully saturated rings. The first kappa shape index (κ1) is 152. The molecule has 0 aliphatic rings. The van der Waals surface area contributed by atoms with Crippen molar-refractivity contribution in [2.24, 2.45) is 0 Å². The van der Waals surface area contributed by atoms with E-state index in [0.717, 1.165) is 0 Å². The maximum atomic E-state index is 0. The van der Waals surface area contributed by atoms with Gasteiger partial charge < -0.3 is 35.8 Å². The van der Waals surface area contributed by atoms with Crippen molar-refractivity contribution in [1.29, 1.82) is 0 Å². The van der Waals surface area contributed by atoms with Crippen LogP contribution in [0.15, 0.2) is 0 Å². The molecule has 0 aromatic carbocycles. The van der Waals surface area contributed by atoms with Gasteiger partial charge in [0.15, 0.2) is 0 Å². The summed E-state index contributed by atoms with van der Waals surface area (Å²) in [5, 5.41) is 0. The number of rotatable bonds is 0. The maximum Gasteiger partial charge on any atom is 1.00 e. The number of halogens is 2. The fourth-order valence-electron chi connectivity index (χ4n) is 0. The zero-order valence-corrected chi connectivity index (χ0v) is 9.27. The van der Waals surface area contributed by atoms with Crippen molar-refractivity contribution in [2.75, 3.05) is 0 Å². The average molecular weight is 185 g/mol. The van der Waals surface area contributed by atoms with Crippen LogP contribution in [0.1, 0.15) is 14.9 Å². The summed E-state index contributed by atoms with van der Waals surface area (Å²) in [5.41, 5.74) is 0. The van der Waals surface area contributed by atoms with Crippen molar-refractivity contribution in [3.8, 4) is 0 Å². The molecule has 0 heterocycles. The zero-order valence-electron chi connectivity index (χ0n) is 3.76. The third kappa shape index (κ3) is 76.5. The summed E-state index contributed by atoms with van der Waals surface area (Å²) >= 11 is 0. The maximum absolute atomic E-state index is 0. The van der Waals surface area contributed by atoms with Crippen LogP contribution in [0.2, 0.25) is 0 Å². The molecule has 0 saturated carbocycles. The molecule has 8 heavy (non-hydrogen) atoms. The van der Waals surface area contributed by atoms with Gasteiger partial charge in [0.25, 0.3) is 0 Å². The van der Waals surface area contributed by atoms with Crippen LogP contribution >= 0.6 is 0 Å². The Morgan fingerprint density at radius 2 is 0.500 bits per heavy atom. The average Bonchev–Trinajstić information content (AvgIpc) is 0. The van der Waals surface area contributed by atoms with E-state index in [1.165, 1.54) is 0 Å². The molecule has 0 rings (SSSR count). The van der Waals surface area contributed by atoms with Crippen molar-refractivity contribution in [2.45, 2.75) is 14.9 Å². The summed E-state index contributed by atoms with van der Waals surface area (Å²) in [6.45, 7) is 0. The molecule has 0 bridgehead atoms. The third-order valence-electron chi connectivity index (χ3n) is 0. The van der Waals surface area contributed by atoms with E-state index in [4.69, 9.17) is 0 Å². The minimum atomic E-state index is 0. The zero-order chi connectivity index (χ0) is 0. The van der Waals surface area contributed by atoms with Gasteiger partial charge in [0.2, 0.25) is 0 Å². The monoisotopic (exact) mass is 184 g/mol. The van der Waals surface area contributed by atoms with Crippen molar-refractivity contribution in [1.82, 2.24) is 0 Å². The summed E-state index contributed by atoms with van der Waals surface area (Å²) in [5.74, 6) is 0. The van der Waals surface area contributed by atoms with E-state index in [1.54, 1.807) is 0 Å². The van der Waals surface area contributed by atoms with Gasteiger partial charge in [-0.2, -0.15) is 0 Å². The standard InChI is InChI=1S/2CH4.2ClH.2Na.2H2O/h2*1H4;2*1H;;;2*1H2/q;;;;2*+1;;/p-2. The van der Waals surface area contributed by atoms with Gasteiger partial charge in [-0.25, -0.2) is 0 Å². The molecular formula is C2H12Cl2Na2O2.